The fourth-order valence-corrected chi connectivity index (χ4v) is 2.66. The lowest BCUT2D eigenvalue weighted by Gasteiger charge is -2.48. The third-order valence-electron chi connectivity index (χ3n) is 4.18. The molecule has 0 N–H and O–H groups in total. The quantitative estimate of drug-likeness (QED) is 0.581. The molecule has 0 saturated heterocycles. The third-order valence-corrected chi connectivity index (χ3v) is 4.18. The van der Waals surface area contributed by atoms with Crippen molar-refractivity contribution in [2.75, 3.05) is 0 Å². The molecular weight excluding hydrogens is 156 g/mol. The van der Waals surface area contributed by atoms with Gasteiger partial charge in [-0.1, -0.05) is 53.4 Å². The van der Waals surface area contributed by atoms with Crippen LogP contribution in [0.3, 0.4) is 0 Å². The first-order valence-corrected chi connectivity index (χ1v) is 6.11. The van der Waals surface area contributed by atoms with E-state index in [1.807, 2.05) is 0 Å². The van der Waals surface area contributed by atoms with Gasteiger partial charge in [0.1, 0.15) is 0 Å². The van der Waals surface area contributed by atoms with Gasteiger partial charge in [-0.3, -0.25) is 0 Å². The molecule has 0 heterocycles. The maximum atomic E-state index is 2.45. The Morgan fingerprint density at radius 3 is 2.38 bits per heavy atom. The van der Waals surface area contributed by atoms with E-state index in [0.29, 0.717) is 5.41 Å². The minimum atomic E-state index is 0.713. The molecule has 0 aromatic heterocycles. The number of hydrogen-bond acceptors (Lipinski definition) is 0. The van der Waals surface area contributed by atoms with Crippen LogP contribution in [0.2, 0.25) is 0 Å². The van der Waals surface area contributed by atoms with Gasteiger partial charge in [-0.2, -0.15) is 0 Å². The molecule has 0 aromatic rings. The van der Waals surface area contributed by atoms with Gasteiger partial charge in [0.25, 0.3) is 0 Å². The van der Waals surface area contributed by atoms with Crippen LogP contribution >= 0.6 is 0 Å². The first kappa shape index (κ1) is 11.1. The van der Waals surface area contributed by atoms with Gasteiger partial charge in [0, 0.05) is 0 Å². The molecule has 0 bridgehead atoms. The Labute approximate surface area is 84.1 Å². The molecule has 0 nitrogen and oxygen atoms in total. The molecule has 1 aliphatic rings. The molecule has 0 spiro atoms. The normalized spacial score (nSPS) is 35.5. The maximum absolute atomic E-state index is 2.45. The van der Waals surface area contributed by atoms with Crippen molar-refractivity contribution in [3.8, 4) is 0 Å². The van der Waals surface area contributed by atoms with Crippen molar-refractivity contribution in [1.82, 2.24) is 0 Å². The molecule has 78 valence electrons. The van der Waals surface area contributed by atoms with Crippen molar-refractivity contribution < 1.29 is 0 Å². The topological polar surface area (TPSA) is 0 Å². The van der Waals surface area contributed by atoms with Crippen LogP contribution in [0.1, 0.15) is 66.2 Å². The highest BCUT2D eigenvalue weighted by Crippen LogP contribution is 2.51. The van der Waals surface area contributed by atoms with Gasteiger partial charge < -0.3 is 0 Å². The van der Waals surface area contributed by atoms with Crippen LogP contribution in [0, 0.1) is 17.3 Å². The molecule has 1 fully saturated rings. The molecule has 13 heavy (non-hydrogen) atoms. The molecule has 0 aromatic carbocycles. The van der Waals surface area contributed by atoms with Crippen molar-refractivity contribution in [2.24, 2.45) is 17.3 Å². The van der Waals surface area contributed by atoms with Crippen LogP contribution in [0.5, 0.6) is 0 Å². The Morgan fingerprint density at radius 2 is 1.92 bits per heavy atom. The van der Waals surface area contributed by atoms with Crippen LogP contribution in [0.4, 0.5) is 0 Å². The smallest absolute Gasteiger partial charge is 0.0323 e. The Morgan fingerprint density at radius 1 is 1.31 bits per heavy atom. The van der Waals surface area contributed by atoms with E-state index >= 15 is 0 Å². The number of rotatable bonds is 5. The predicted octanol–water partition coefficient (Wildman–Crippen LogP) is 4.64. The second-order valence-corrected chi connectivity index (χ2v) is 5.45. The molecule has 1 rings (SSSR count). The lowest BCUT2D eigenvalue weighted by molar-refractivity contribution is 0.0311. The lowest BCUT2D eigenvalue weighted by atomic mass is 9.58. The average Bonchev–Trinajstić information content (AvgIpc) is 2.09. The number of hydrogen-bond donors (Lipinski definition) is 0. The first-order valence-electron chi connectivity index (χ1n) is 6.11. The van der Waals surface area contributed by atoms with E-state index in [1.54, 1.807) is 0 Å². The molecule has 1 unspecified atom stereocenters. The van der Waals surface area contributed by atoms with Gasteiger partial charge in [-0.15, -0.1) is 0 Å². The van der Waals surface area contributed by atoms with E-state index in [2.05, 4.69) is 27.7 Å². The highest BCUT2D eigenvalue weighted by atomic mass is 14.5. The Balaban J connectivity index is 2.18. The molecule has 1 saturated carbocycles. The zero-order valence-electron chi connectivity index (χ0n) is 9.90. The Bertz CT molecular complexity index is 142. The Hall–Kier alpha value is 0. The lowest BCUT2D eigenvalue weighted by Crippen LogP contribution is -2.37. The molecular formula is C13H26. The summed E-state index contributed by atoms with van der Waals surface area (Å²) in [4.78, 5) is 0. The zero-order valence-corrected chi connectivity index (χ0v) is 9.90. The van der Waals surface area contributed by atoms with E-state index in [0.717, 1.165) is 11.8 Å². The van der Waals surface area contributed by atoms with E-state index in [9.17, 15) is 0 Å². The monoisotopic (exact) mass is 182 g/mol. The van der Waals surface area contributed by atoms with Gasteiger partial charge >= 0.3 is 0 Å². The zero-order chi connectivity index (χ0) is 9.90. The van der Waals surface area contributed by atoms with Crippen molar-refractivity contribution in [1.29, 1.82) is 0 Å². The maximum Gasteiger partial charge on any atom is -0.0323 e. The fraction of sp³-hybridized carbons (Fsp3) is 1.00. The standard InChI is InChI=1S/C13H26/c1-5-7-8-11(3)12-9-13(4,6-2)10-12/h11-12H,5-10H2,1-4H3. The molecule has 0 radical (unpaired) electrons. The van der Waals surface area contributed by atoms with Crippen LogP contribution in [-0.2, 0) is 0 Å². The van der Waals surface area contributed by atoms with Crippen LogP contribution in [0.15, 0.2) is 0 Å². The van der Waals surface area contributed by atoms with Crippen LogP contribution in [0.25, 0.3) is 0 Å². The molecule has 0 aliphatic heterocycles. The summed E-state index contributed by atoms with van der Waals surface area (Å²) in [6.45, 7) is 9.54. The van der Waals surface area contributed by atoms with Crippen LogP contribution in [-0.4, -0.2) is 0 Å². The van der Waals surface area contributed by atoms with Gasteiger partial charge in [0.05, 0.1) is 0 Å². The van der Waals surface area contributed by atoms with E-state index < -0.39 is 0 Å². The van der Waals surface area contributed by atoms with Crippen molar-refractivity contribution in [3.05, 3.63) is 0 Å². The van der Waals surface area contributed by atoms with E-state index in [4.69, 9.17) is 0 Å². The largest absolute Gasteiger partial charge is 0.0654 e. The Kier molecular flexibility index (Phi) is 3.82. The fourth-order valence-electron chi connectivity index (χ4n) is 2.66. The van der Waals surface area contributed by atoms with Crippen molar-refractivity contribution >= 4 is 0 Å². The average molecular weight is 182 g/mol. The highest BCUT2D eigenvalue weighted by Gasteiger charge is 2.40. The molecule has 0 amide bonds. The second kappa shape index (κ2) is 4.48. The number of unbranched alkanes of at least 4 members (excludes halogenated alkanes) is 1. The van der Waals surface area contributed by atoms with Crippen LogP contribution < -0.4 is 0 Å². The summed E-state index contributed by atoms with van der Waals surface area (Å²) in [6.07, 6.45) is 8.62. The van der Waals surface area contributed by atoms with Gasteiger partial charge in [-0.05, 0) is 30.1 Å². The van der Waals surface area contributed by atoms with Crippen molar-refractivity contribution in [3.63, 3.8) is 0 Å². The van der Waals surface area contributed by atoms with E-state index in [-0.39, 0.29) is 0 Å². The van der Waals surface area contributed by atoms with Gasteiger partial charge in [-0.25, -0.2) is 0 Å². The summed E-state index contributed by atoms with van der Waals surface area (Å²) in [5.74, 6) is 2.04. The highest BCUT2D eigenvalue weighted by molar-refractivity contribution is 4.91. The van der Waals surface area contributed by atoms with Crippen molar-refractivity contribution in [2.45, 2.75) is 66.2 Å². The first-order chi connectivity index (χ1) is 6.11. The molecule has 1 aliphatic carbocycles. The minimum Gasteiger partial charge on any atom is -0.0654 e. The summed E-state index contributed by atoms with van der Waals surface area (Å²) < 4.78 is 0. The SMILES string of the molecule is CCCCC(C)C1CC(C)(CC)C1. The van der Waals surface area contributed by atoms with E-state index in [1.165, 1.54) is 38.5 Å². The van der Waals surface area contributed by atoms with Gasteiger partial charge in [0.15, 0.2) is 0 Å². The predicted molar refractivity (Wildman–Crippen MR) is 59.8 cm³/mol. The molecule has 0 heteroatoms. The summed E-state index contributed by atoms with van der Waals surface area (Å²) in [6, 6.07) is 0. The summed E-state index contributed by atoms with van der Waals surface area (Å²) in [5.41, 5.74) is 0.713. The van der Waals surface area contributed by atoms with Gasteiger partial charge in [0.2, 0.25) is 0 Å². The minimum absolute atomic E-state index is 0.713. The summed E-state index contributed by atoms with van der Waals surface area (Å²) in [7, 11) is 0. The third kappa shape index (κ3) is 2.72. The summed E-state index contributed by atoms with van der Waals surface area (Å²) >= 11 is 0. The molecule has 1 atom stereocenters. The second-order valence-electron chi connectivity index (χ2n) is 5.45. The summed E-state index contributed by atoms with van der Waals surface area (Å²) in [5, 5.41) is 0.